The fourth-order valence-corrected chi connectivity index (χ4v) is 2.06. The van der Waals surface area contributed by atoms with Crippen molar-refractivity contribution in [3.63, 3.8) is 0 Å². The van der Waals surface area contributed by atoms with E-state index in [-0.39, 0.29) is 17.4 Å². The molecule has 0 saturated heterocycles. The molecule has 0 bridgehead atoms. The lowest BCUT2D eigenvalue weighted by Crippen LogP contribution is -2.28. The number of carbonyl (C=O) groups is 1. The van der Waals surface area contributed by atoms with Crippen LogP contribution in [-0.2, 0) is 0 Å². The maximum Gasteiger partial charge on any atom is 0.255 e. The highest BCUT2D eigenvalue weighted by molar-refractivity contribution is 5.97. The van der Waals surface area contributed by atoms with Crippen molar-refractivity contribution in [3.8, 4) is 11.5 Å². The van der Waals surface area contributed by atoms with Gasteiger partial charge in [-0.1, -0.05) is 43.3 Å². The van der Waals surface area contributed by atoms with Crippen LogP contribution in [0.25, 0.3) is 0 Å². The van der Waals surface area contributed by atoms with Crippen LogP contribution in [0.4, 0.5) is 0 Å². The Labute approximate surface area is 117 Å². The van der Waals surface area contributed by atoms with E-state index in [1.165, 1.54) is 18.2 Å². The van der Waals surface area contributed by atoms with Crippen molar-refractivity contribution in [3.05, 3.63) is 59.7 Å². The van der Waals surface area contributed by atoms with Gasteiger partial charge in [-0.15, -0.1) is 0 Å². The van der Waals surface area contributed by atoms with Gasteiger partial charge in [-0.3, -0.25) is 4.79 Å². The van der Waals surface area contributed by atoms with Gasteiger partial charge in [0.25, 0.3) is 5.91 Å². The number of carbonyl (C=O) groups excluding carboxylic acids is 1. The van der Waals surface area contributed by atoms with Crippen molar-refractivity contribution in [1.29, 1.82) is 0 Å². The van der Waals surface area contributed by atoms with E-state index in [0.29, 0.717) is 0 Å². The number of phenols is 2. The number of rotatable bonds is 4. The van der Waals surface area contributed by atoms with E-state index in [2.05, 4.69) is 5.32 Å². The Morgan fingerprint density at radius 3 is 2.45 bits per heavy atom. The highest BCUT2D eigenvalue weighted by atomic mass is 16.3. The quantitative estimate of drug-likeness (QED) is 0.749. The summed E-state index contributed by atoms with van der Waals surface area (Å²) >= 11 is 0. The third kappa shape index (κ3) is 2.91. The largest absolute Gasteiger partial charge is 0.504 e. The van der Waals surface area contributed by atoms with E-state index in [1.807, 2.05) is 37.3 Å². The molecule has 0 aliphatic heterocycles. The molecule has 0 heterocycles. The van der Waals surface area contributed by atoms with Crippen molar-refractivity contribution >= 4 is 5.91 Å². The zero-order valence-electron chi connectivity index (χ0n) is 11.2. The summed E-state index contributed by atoms with van der Waals surface area (Å²) in [4.78, 5) is 12.2. The van der Waals surface area contributed by atoms with Gasteiger partial charge in [-0.25, -0.2) is 0 Å². The number of hydrogen-bond acceptors (Lipinski definition) is 3. The third-order valence-corrected chi connectivity index (χ3v) is 3.17. The first-order valence-corrected chi connectivity index (χ1v) is 6.50. The second-order valence-corrected chi connectivity index (χ2v) is 4.52. The summed E-state index contributed by atoms with van der Waals surface area (Å²) in [5.41, 5.74) is 1.07. The van der Waals surface area contributed by atoms with Gasteiger partial charge < -0.3 is 15.5 Å². The fraction of sp³-hybridized carbons (Fsp3) is 0.188. The van der Waals surface area contributed by atoms with Gasteiger partial charge in [-0.05, 0) is 24.1 Å². The zero-order valence-corrected chi connectivity index (χ0v) is 11.2. The van der Waals surface area contributed by atoms with Crippen molar-refractivity contribution in [1.82, 2.24) is 5.32 Å². The Morgan fingerprint density at radius 2 is 1.80 bits per heavy atom. The third-order valence-electron chi connectivity index (χ3n) is 3.17. The molecule has 2 aromatic carbocycles. The van der Waals surface area contributed by atoms with Crippen LogP contribution >= 0.6 is 0 Å². The highest BCUT2D eigenvalue weighted by Gasteiger charge is 2.17. The number of para-hydroxylation sites is 1. The zero-order chi connectivity index (χ0) is 14.5. The highest BCUT2D eigenvalue weighted by Crippen LogP contribution is 2.28. The van der Waals surface area contributed by atoms with Crippen molar-refractivity contribution in [2.24, 2.45) is 0 Å². The van der Waals surface area contributed by atoms with E-state index in [0.717, 1.165) is 12.0 Å². The van der Waals surface area contributed by atoms with Gasteiger partial charge in [0.1, 0.15) is 0 Å². The van der Waals surface area contributed by atoms with Gasteiger partial charge in [-0.2, -0.15) is 0 Å². The Morgan fingerprint density at radius 1 is 1.10 bits per heavy atom. The molecule has 0 aliphatic carbocycles. The first-order chi connectivity index (χ1) is 9.63. The lowest BCUT2D eigenvalue weighted by Gasteiger charge is -2.18. The molecule has 1 unspecified atom stereocenters. The summed E-state index contributed by atoms with van der Waals surface area (Å²) in [6.45, 7) is 1.97. The molecule has 0 saturated carbocycles. The molecule has 0 spiro atoms. The number of amides is 1. The molecule has 4 nitrogen and oxygen atoms in total. The predicted molar refractivity (Wildman–Crippen MR) is 76.7 cm³/mol. The summed E-state index contributed by atoms with van der Waals surface area (Å²) in [6.07, 6.45) is 0.731. The monoisotopic (exact) mass is 271 g/mol. The van der Waals surface area contributed by atoms with Gasteiger partial charge in [0.15, 0.2) is 11.5 Å². The number of nitrogens with one attached hydrogen (secondary N) is 1. The molecular formula is C16H17NO3. The molecule has 2 aromatic rings. The number of phenolic OH excluding ortho intramolecular Hbond substituents is 2. The molecule has 2 rings (SSSR count). The van der Waals surface area contributed by atoms with Crippen LogP contribution in [0.1, 0.15) is 35.3 Å². The normalized spacial score (nSPS) is 11.8. The predicted octanol–water partition coefficient (Wildman–Crippen LogP) is 2.98. The molecule has 0 aromatic heterocycles. The lowest BCUT2D eigenvalue weighted by molar-refractivity contribution is 0.0932. The Kier molecular flexibility index (Phi) is 4.25. The van der Waals surface area contributed by atoms with Gasteiger partial charge in [0, 0.05) is 0 Å². The van der Waals surface area contributed by atoms with E-state index < -0.39 is 11.7 Å². The average molecular weight is 271 g/mol. The maximum atomic E-state index is 12.2. The Bertz CT molecular complexity index is 596. The van der Waals surface area contributed by atoms with E-state index >= 15 is 0 Å². The first-order valence-electron chi connectivity index (χ1n) is 6.50. The average Bonchev–Trinajstić information content (AvgIpc) is 2.48. The fourth-order valence-electron chi connectivity index (χ4n) is 2.06. The smallest absolute Gasteiger partial charge is 0.255 e. The maximum absolute atomic E-state index is 12.2. The van der Waals surface area contributed by atoms with Crippen molar-refractivity contribution in [2.45, 2.75) is 19.4 Å². The molecule has 0 aliphatic rings. The standard InChI is InChI=1S/C16H17NO3/c1-2-13(11-7-4-3-5-8-11)17-16(20)12-9-6-10-14(18)15(12)19/h3-10,13,18-19H,2H2,1H3,(H,17,20). The van der Waals surface area contributed by atoms with Crippen LogP contribution in [-0.4, -0.2) is 16.1 Å². The molecule has 1 atom stereocenters. The summed E-state index contributed by atoms with van der Waals surface area (Å²) in [6, 6.07) is 13.8. The van der Waals surface area contributed by atoms with E-state index in [1.54, 1.807) is 0 Å². The summed E-state index contributed by atoms with van der Waals surface area (Å²) < 4.78 is 0. The lowest BCUT2D eigenvalue weighted by atomic mass is 10.0. The number of hydrogen-bond donors (Lipinski definition) is 3. The SMILES string of the molecule is CCC(NC(=O)c1cccc(O)c1O)c1ccccc1. The summed E-state index contributed by atoms with van der Waals surface area (Å²) in [5, 5.41) is 22.0. The summed E-state index contributed by atoms with van der Waals surface area (Å²) in [5.74, 6) is -1.10. The minimum atomic E-state index is -0.408. The minimum absolute atomic E-state index is 0.0689. The van der Waals surface area contributed by atoms with Crippen LogP contribution in [0, 0.1) is 0 Å². The van der Waals surface area contributed by atoms with Gasteiger partial charge in [0.2, 0.25) is 0 Å². The molecule has 104 valence electrons. The number of aromatic hydroxyl groups is 2. The molecule has 3 N–H and O–H groups in total. The Balaban J connectivity index is 2.20. The van der Waals surface area contributed by atoms with E-state index in [9.17, 15) is 15.0 Å². The minimum Gasteiger partial charge on any atom is -0.504 e. The Hall–Kier alpha value is -2.49. The van der Waals surface area contributed by atoms with Crippen LogP contribution in [0.5, 0.6) is 11.5 Å². The molecule has 20 heavy (non-hydrogen) atoms. The second kappa shape index (κ2) is 6.10. The van der Waals surface area contributed by atoms with Crippen LogP contribution < -0.4 is 5.32 Å². The summed E-state index contributed by atoms with van der Waals surface area (Å²) in [7, 11) is 0. The molecule has 0 fully saturated rings. The van der Waals surface area contributed by atoms with Crippen LogP contribution in [0.2, 0.25) is 0 Å². The molecular weight excluding hydrogens is 254 g/mol. The molecule has 1 amide bonds. The first kappa shape index (κ1) is 13.9. The van der Waals surface area contributed by atoms with Crippen LogP contribution in [0.3, 0.4) is 0 Å². The topological polar surface area (TPSA) is 69.6 Å². The van der Waals surface area contributed by atoms with Crippen LogP contribution in [0.15, 0.2) is 48.5 Å². The molecule has 0 radical (unpaired) electrons. The van der Waals surface area contributed by atoms with Crippen molar-refractivity contribution in [2.75, 3.05) is 0 Å². The van der Waals surface area contributed by atoms with Gasteiger partial charge >= 0.3 is 0 Å². The van der Waals surface area contributed by atoms with Crippen molar-refractivity contribution < 1.29 is 15.0 Å². The van der Waals surface area contributed by atoms with Gasteiger partial charge in [0.05, 0.1) is 11.6 Å². The molecule has 4 heteroatoms. The van der Waals surface area contributed by atoms with E-state index in [4.69, 9.17) is 0 Å². The number of benzene rings is 2. The second-order valence-electron chi connectivity index (χ2n) is 4.52.